The number of ether oxygens (including phenoxy) is 1. The van der Waals surface area contributed by atoms with Crippen LogP contribution >= 0.6 is 0 Å². The zero-order valence-corrected chi connectivity index (χ0v) is 11.2. The molecule has 1 fully saturated rings. The second-order valence-corrected chi connectivity index (χ2v) is 4.94. The maximum Gasteiger partial charge on any atom is 0.144 e. The first kappa shape index (κ1) is 13.8. The number of piperidine rings is 1. The van der Waals surface area contributed by atoms with Crippen molar-refractivity contribution in [2.75, 3.05) is 19.6 Å². The van der Waals surface area contributed by atoms with E-state index in [2.05, 4.69) is 11.8 Å². The van der Waals surface area contributed by atoms with Gasteiger partial charge in [0.15, 0.2) is 0 Å². The van der Waals surface area contributed by atoms with Gasteiger partial charge in [0.2, 0.25) is 0 Å². The molecule has 1 saturated heterocycles. The summed E-state index contributed by atoms with van der Waals surface area (Å²) in [5.74, 6) is 0.000993. The van der Waals surface area contributed by atoms with E-state index in [1.165, 1.54) is 12.1 Å². The standard InChI is InChI=1S/C15H19FN2O/c1-2-7-18-8-3-4-14(11-18)19-13-6-5-12(10-17)15(16)9-13/h5-6,9,14H,2-4,7-8,11H2,1H3. The van der Waals surface area contributed by atoms with E-state index < -0.39 is 5.82 Å². The average molecular weight is 262 g/mol. The molecule has 0 radical (unpaired) electrons. The Morgan fingerprint density at radius 2 is 2.37 bits per heavy atom. The van der Waals surface area contributed by atoms with Crippen LogP contribution in [0.25, 0.3) is 0 Å². The summed E-state index contributed by atoms with van der Waals surface area (Å²) in [7, 11) is 0. The fourth-order valence-electron chi connectivity index (χ4n) is 2.48. The van der Waals surface area contributed by atoms with E-state index in [9.17, 15) is 4.39 Å². The topological polar surface area (TPSA) is 36.3 Å². The van der Waals surface area contributed by atoms with Crippen LogP contribution in [0.15, 0.2) is 18.2 Å². The molecule has 2 rings (SSSR count). The molecule has 0 aliphatic carbocycles. The highest BCUT2D eigenvalue weighted by atomic mass is 19.1. The normalized spacial score (nSPS) is 19.9. The number of halogens is 1. The predicted molar refractivity (Wildman–Crippen MR) is 71.5 cm³/mol. The third kappa shape index (κ3) is 3.68. The molecular weight excluding hydrogens is 243 g/mol. The first-order valence-electron chi connectivity index (χ1n) is 6.81. The van der Waals surface area contributed by atoms with Gasteiger partial charge in [-0.15, -0.1) is 0 Å². The number of nitrogens with zero attached hydrogens (tertiary/aromatic N) is 2. The van der Waals surface area contributed by atoms with Gasteiger partial charge in [-0.1, -0.05) is 6.92 Å². The smallest absolute Gasteiger partial charge is 0.144 e. The number of hydrogen-bond donors (Lipinski definition) is 0. The average Bonchev–Trinajstić information content (AvgIpc) is 2.40. The monoisotopic (exact) mass is 262 g/mol. The van der Waals surface area contributed by atoms with Crippen molar-refractivity contribution in [3.63, 3.8) is 0 Å². The maximum atomic E-state index is 13.5. The van der Waals surface area contributed by atoms with Gasteiger partial charge in [0.05, 0.1) is 5.56 Å². The summed E-state index contributed by atoms with van der Waals surface area (Å²) in [6.07, 6.45) is 3.37. The molecule has 102 valence electrons. The van der Waals surface area contributed by atoms with Crippen molar-refractivity contribution in [1.29, 1.82) is 5.26 Å². The molecule has 3 nitrogen and oxygen atoms in total. The minimum absolute atomic E-state index is 0.0589. The molecule has 1 atom stereocenters. The van der Waals surface area contributed by atoms with Crippen molar-refractivity contribution in [3.05, 3.63) is 29.6 Å². The van der Waals surface area contributed by atoms with E-state index in [1.54, 1.807) is 6.07 Å². The lowest BCUT2D eigenvalue weighted by atomic mass is 10.1. The highest BCUT2D eigenvalue weighted by Crippen LogP contribution is 2.21. The van der Waals surface area contributed by atoms with Gasteiger partial charge in [-0.25, -0.2) is 4.39 Å². The largest absolute Gasteiger partial charge is 0.489 e. The summed E-state index contributed by atoms with van der Waals surface area (Å²) in [6.45, 7) is 5.27. The zero-order valence-electron chi connectivity index (χ0n) is 11.2. The van der Waals surface area contributed by atoms with Crippen molar-refractivity contribution in [2.45, 2.75) is 32.3 Å². The van der Waals surface area contributed by atoms with Crippen LogP contribution in [0.5, 0.6) is 5.75 Å². The van der Waals surface area contributed by atoms with E-state index in [4.69, 9.17) is 10.00 Å². The Bertz CT molecular complexity index is 468. The Morgan fingerprint density at radius 3 is 3.05 bits per heavy atom. The Labute approximate surface area is 113 Å². The van der Waals surface area contributed by atoms with Crippen molar-refractivity contribution in [3.8, 4) is 11.8 Å². The molecule has 1 aliphatic rings. The summed E-state index contributed by atoms with van der Waals surface area (Å²) in [5.41, 5.74) is 0.0589. The molecule has 0 N–H and O–H groups in total. The Morgan fingerprint density at radius 1 is 1.53 bits per heavy atom. The molecule has 19 heavy (non-hydrogen) atoms. The van der Waals surface area contributed by atoms with Gasteiger partial charge in [-0.05, 0) is 44.5 Å². The first-order chi connectivity index (χ1) is 9.22. The van der Waals surface area contributed by atoms with E-state index in [1.807, 2.05) is 6.07 Å². The number of rotatable bonds is 4. The maximum absolute atomic E-state index is 13.5. The summed E-state index contributed by atoms with van der Waals surface area (Å²) >= 11 is 0. The Balaban J connectivity index is 1.97. The van der Waals surface area contributed by atoms with Gasteiger partial charge < -0.3 is 4.74 Å². The van der Waals surface area contributed by atoms with Gasteiger partial charge in [0.25, 0.3) is 0 Å². The third-order valence-electron chi connectivity index (χ3n) is 3.37. The molecule has 4 heteroatoms. The van der Waals surface area contributed by atoms with Crippen molar-refractivity contribution >= 4 is 0 Å². The summed E-state index contributed by atoms with van der Waals surface area (Å²) in [4.78, 5) is 2.38. The van der Waals surface area contributed by atoms with Gasteiger partial charge in [-0.2, -0.15) is 5.26 Å². The molecule has 1 aliphatic heterocycles. The molecule has 0 spiro atoms. The Hall–Kier alpha value is -1.60. The van der Waals surface area contributed by atoms with Gasteiger partial charge in [0.1, 0.15) is 23.7 Å². The summed E-state index contributed by atoms with van der Waals surface area (Å²) < 4.78 is 19.3. The number of hydrogen-bond acceptors (Lipinski definition) is 3. The van der Waals surface area contributed by atoms with E-state index >= 15 is 0 Å². The highest BCUT2D eigenvalue weighted by Gasteiger charge is 2.20. The minimum Gasteiger partial charge on any atom is -0.489 e. The minimum atomic E-state index is -0.513. The van der Waals surface area contributed by atoms with Crippen LogP contribution in [0.2, 0.25) is 0 Å². The van der Waals surface area contributed by atoms with Gasteiger partial charge in [-0.3, -0.25) is 4.90 Å². The lowest BCUT2D eigenvalue weighted by molar-refractivity contribution is 0.0884. The van der Waals surface area contributed by atoms with Crippen LogP contribution in [0.3, 0.4) is 0 Å². The quantitative estimate of drug-likeness (QED) is 0.837. The molecule has 0 saturated carbocycles. The van der Waals surface area contributed by atoms with Crippen LogP contribution in [-0.4, -0.2) is 30.6 Å². The molecule has 1 aromatic carbocycles. The van der Waals surface area contributed by atoms with Crippen molar-refractivity contribution in [2.24, 2.45) is 0 Å². The van der Waals surface area contributed by atoms with E-state index in [0.29, 0.717) is 5.75 Å². The van der Waals surface area contributed by atoms with Crippen molar-refractivity contribution < 1.29 is 9.13 Å². The number of nitriles is 1. The van der Waals surface area contributed by atoms with Crippen LogP contribution in [0, 0.1) is 17.1 Å². The van der Waals surface area contributed by atoms with E-state index in [0.717, 1.165) is 38.9 Å². The lowest BCUT2D eigenvalue weighted by Gasteiger charge is -2.32. The van der Waals surface area contributed by atoms with Crippen LogP contribution in [-0.2, 0) is 0 Å². The zero-order chi connectivity index (χ0) is 13.7. The van der Waals surface area contributed by atoms with Crippen LogP contribution in [0.1, 0.15) is 31.7 Å². The third-order valence-corrected chi connectivity index (χ3v) is 3.37. The summed E-state index contributed by atoms with van der Waals surface area (Å²) in [6, 6.07) is 6.25. The molecule has 1 unspecified atom stereocenters. The molecule has 0 aromatic heterocycles. The molecule has 1 aromatic rings. The molecular formula is C15H19FN2O. The van der Waals surface area contributed by atoms with Gasteiger partial charge in [0, 0.05) is 12.6 Å². The van der Waals surface area contributed by atoms with Gasteiger partial charge >= 0.3 is 0 Å². The SMILES string of the molecule is CCCN1CCCC(Oc2ccc(C#N)c(F)c2)C1. The molecule has 0 amide bonds. The molecule has 0 bridgehead atoms. The summed E-state index contributed by atoms with van der Waals surface area (Å²) in [5, 5.41) is 8.69. The first-order valence-corrected chi connectivity index (χ1v) is 6.81. The number of likely N-dealkylation sites (tertiary alicyclic amines) is 1. The Kier molecular flexibility index (Phi) is 4.75. The fraction of sp³-hybridized carbons (Fsp3) is 0.533. The second-order valence-electron chi connectivity index (χ2n) is 4.94. The fourth-order valence-corrected chi connectivity index (χ4v) is 2.48. The van der Waals surface area contributed by atoms with Crippen LogP contribution < -0.4 is 4.74 Å². The second kappa shape index (κ2) is 6.53. The van der Waals surface area contributed by atoms with Crippen molar-refractivity contribution in [1.82, 2.24) is 4.90 Å². The predicted octanol–water partition coefficient (Wildman–Crippen LogP) is 2.95. The van der Waals surface area contributed by atoms with E-state index in [-0.39, 0.29) is 11.7 Å². The molecule has 1 heterocycles. The van der Waals surface area contributed by atoms with Crippen LogP contribution in [0.4, 0.5) is 4.39 Å². The number of benzene rings is 1. The lowest BCUT2D eigenvalue weighted by Crippen LogP contribution is -2.41. The highest BCUT2D eigenvalue weighted by molar-refractivity contribution is 5.36.